The summed E-state index contributed by atoms with van der Waals surface area (Å²) in [4.78, 5) is 32.0. The minimum absolute atomic E-state index is 0.0262. The predicted octanol–water partition coefficient (Wildman–Crippen LogP) is 15.5. The van der Waals surface area contributed by atoms with Gasteiger partial charge >= 0.3 is 7.12 Å². The number of hydrogen-bond donors (Lipinski definition) is 0. The molecule has 0 N–H and O–H groups in total. The summed E-state index contributed by atoms with van der Waals surface area (Å²) in [6, 6.07) is 22.3. The Balaban J connectivity index is 0.000000137. The van der Waals surface area contributed by atoms with Gasteiger partial charge in [-0.1, -0.05) is 29.8 Å². The molecule has 5 fully saturated rings. The fraction of sp³-hybridized carbons (Fsp3) is 0.394. The maximum atomic E-state index is 14.9. The number of carbonyl (C=O) groups is 2. The molecule has 0 spiro atoms. The largest absolute Gasteiger partial charge is 0.493 e. The van der Waals surface area contributed by atoms with E-state index in [1.54, 1.807) is 42.6 Å². The number of nitriles is 2. The van der Waals surface area contributed by atoms with E-state index in [2.05, 4.69) is 22.1 Å². The van der Waals surface area contributed by atoms with Crippen molar-refractivity contribution < 1.29 is 55.5 Å². The fourth-order valence-corrected chi connectivity index (χ4v) is 11.1. The molecule has 18 heteroatoms. The molecule has 0 atom stereocenters. The molecule has 432 valence electrons. The van der Waals surface area contributed by atoms with E-state index in [1.807, 2.05) is 58.2 Å². The molecule has 7 heterocycles. The molecule has 0 amide bonds. The van der Waals surface area contributed by atoms with Gasteiger partial charge in [-0.05, 0) is 150 Å². The Hall–Kier alpha value is -7.51. The number of aromatic nitrogens is 2. The number of nitrogens with zero attached hydrogens (tertiary/aromatic N) is 4. The van der Waals surface area contributed by atoms with Crippen LogP contribution in [0.3, 0.4) is 0 Å². The molecule has 3 saturated heterocycles. The smallest absolute Gasteiger partial charge is 0.490 e. The standard InChI is InChI=1S/C30H25FN2O4.C18H26BNO4.C18H13ClFNO2/c1-17(34)19-4-6-23(25(31)13-19)28-14-26-30(37-28)29(24(16-33-26)18-2-3-18)20-5-7-27(21(12-20)15-32)36-22-8-10-35-11-9-22;1-17(2)18(3,4)24-19(23-17)14-5-6-16(13(11-14)12-20)22-15-7-9-21-10-8-15;1-9(22)11-4-5-12(14(20)6-11)16-7-15-18(23-16)17(19)13(8-21-15)10-2-3-10/h4-7,12-14,16,18,22H,2-3,8-11H2,1H3;11,15H,5-10H2,1-4H3;4-8,10H,2-3H2,1H3. The second kappa shape index (κ2) is 24.2. The molecular formula is C66H64BClF2N4O10. The van der Waals surface area contributed by atoms with Crippen LogP contribution in [0.15, 0.2) is 111 Å². The van der Waals surface area contributed by atoms with Crippen molar-refractivity contribution in [1.82, 2.24) is 9.97 Å². The normalized spacial score (nSPS) is 18.7. The van der Waals surface area contributed by atoms with Crippen LogP contribution in [-0.2, 0) is 23.5 Å². The van der Waals surface area contributed by atoms with E-state index < -0.39 is 11.6 Å². The second-order valence-corrected chi connectivity index (χ2v) is 23.6. The molecule has 0 bridgehead atoms. The van der Waals surface area contributed by atoms with Crippen molar-refractivity contribution in [2.75, 3.05) is 26.4 Å². The third-order valence-corrected chi connectivity index (χ3v) is 17.1. The van der Waals surface area contributed by atoms with Gasteiger partial charge in [0, 0.05) is 73.3 Å². The molecule has 7 aromatic rings. The summed E-state index contributed by atoms with van der Waals surface area (Å²) in [5.74, 6) is 1.46. The molecule has 3 aliphatic heterocycles. The summed E-state index contributed by atoms with van der Waals surface area (Å²) in [7, 11) is -0.386. The van der Waals surface area contributed by atoms with Crippen molar-refractivity contribution >= 4 is 52.5 Å². The molecule has 6 aliphatic rings. The van der Waals surface area contributed by atoms with Crippen molar-refractivity contribution in [3.63, 3.8) is 0 Å². The van der Waals surface area contributed by atoms with Crippen LogP contribution in [0.1, 0.15) is 155 Å². The number of ketones is 2. The lowest BCUT2D eigenvalue weighted by molar-refractivity contribution is -0.00665. The van der Waals surface area contributed by atoms with Crippen LogP contribution in [0.5, 0.6) is 5.75 Å². The van der Waals surface area contributed by atoms with Gasteiger partial charge in [-0.25, -0.2) is 8.78 Å². The first-order chi connectivity index (χ1) is 40.4. The molecule has 0 radical (unpaired) electrons. The van der Waals surface area contributed by atoms with Crippen LogP contribution < -0.4 is 4.74 Å². The summed E-state index contributed by atoms with van der Waals surface area (Å²) < 4.78 is 76.4. The minimum Gasteiger partial charge on any atom is -0.493 e. The Labute approximate surface area is 491 Å². The van der Waals surface area contributed by atoms with Crippen molar-refractivity contribution in [3.05, 3.63) is 146 Å². The van der Waals surface area contributed by atoms with Gasteiger partial charge < -0.3 is 37.1 Å². The van der Waals surface area contributed by atoms with E-state index >= 15 is 0 Å². The topological polar surface area (TPSA) is 189 Å². The number of halogens is 3. The number of fused-ring (bicyclic) bond motifs is 2. The Bertz CT molecular complexity index is 3840. The molecule has 3 aromatic carbocycles. The number of Topliss-reactive ketones (excluding diaryl/α,β-unsaturated/α-hetero) is 2. The van der Waals surface area contributed by atoms with Crippen molar-refractivity contribution in [1.29, 1.82) is 10.5 Å². The number of rotatable bonds is 12. The highest BCUT2D eigenvalue weighted by Gasteiger charge is 2.52. The fourth-order valence-electron chi connectivity index (χ4n) is 10.7. The first-order valence-corrected chi connectivity index (χ1v) is 29.1. The quantitative estimate of drug-likeness (QED) is 0.0829. The first-order valence-electron chi connectivity index (χ1n) is 28.7. The van der Waals surface area contributed by atoms with Gasteiger partial charge in [0.25, 0.3) is 0 Å². The van der Waals surface area contributed by atoms with E-state index in [0.29, 0.717) is 91.8 Å². The van der Waals surface area contributed by atoms with Gasteiger partial charge in [0.2, 0.25) is 0 Å². The molecule has 14 nitrogen and oxygen atoms in total. The number of carbonyl (C=O) groups excluding carboxylic acids is 2. The van der Waals surface area contributed by atoms with E-state index in [9.17, 15) is 28.9 Å². The highest BCUT2D eigenvalue weighted by atomic mass is 35.5. The van der Waals surface area contributed by atoms with Crippen molar-refractivity contribution in [2.24, 2.45) is 0 Å². The van der Waals surface area contributed by atoms with Crippen LogP contribution in [0.25, 0.3) is 56.0 Å². The van der Waals surface area contributed by atoms with E-state index in [1.165, 1.54) is 26.0 Å². The van der Waals surface area contributed by atoms with E-state index in [-0.39, 0.29) is 53.2 Å². The zero-order valence-electron chi connectivity index (χ0n) is 47.9. The number of ether oxygens (including phenoxy) is 4. The van der Waals surface area contributed by atoms with Gasteiger partial charge in [-0.15, -0.1) is 0 Å². The number of allylic oxidation sites excluding steroid dienone is 4. The predicted molar refractivity (Wildman–Crippen MR) is 313 cm³/mol. The van der Waals surface area contributed by atoms with Crippen LogP contribution in [0, 0.1) is 34.3 Å². The monoisotopic (exact) mass is 1160 g/mol. The summed E-state index contributed by atoms with van der Waals surface area (Å²) in [5, 5.41) is 20.0. The van der Waals surface area contributed by atoms with Gasteiger partial charge in [-0.2, -0.15) is 10.5 Å². The van der Waals surface area contributed by atoms with Gasteiger partial charge in [0.05, 0.1) is 64.9 Å². The van der Waals surface area contributed by atoms with Crippen LogP contribution in [0.4, 0.5) is 8.78 Å². The second-order valence-electron chi connectivity index (χ2n) is 23.3. The van der Waals surface area contributed by atoms with Crippen LogP contribution in [-0.4, -0.2) is 78.5 Å². The lowest BCUT2D eigenvalue weighted by Crippen LogP contribution is -2.41. The van der Waals surface area contributed by atoms with Gasteiger partial charge in [0.15, 0.2) is 22.7 Å². The summed E-state index contributed by atoms with van der Waals surface area (Å²) in [5.41, 5.74) is 8.51. The van der Waals surface area contributed by atoms with Gasteiger partial charge in [-0.3, -0.25) is 19.6 Å². The maximum absolute atomic E-state index is 14.9. The van der Waals surface area contributed by atoms with Crippen molar-refractivity contribution in [3.8, 4) is 51.7 Å². The minimum atomic E-state index is -0.530. The number of pyridine rings is 2. The van der Waals surface area contributed by atoms with Crippen LogP contribution >= 0.6 is 11.6 Å². The summed E-state index contributed by atoms with van der Waals surface area (Å²) >= 11 is 6.41. The summed E-state index contributed by atoms with van der Waals surface area (Å²) in [6.45, 7) is 13.7. The Morgan fingerprint density at radius 1 is 0.655 bits per heavy atom. The Kier molecular flexibility index (Phi) is 16.8. The third kappa shape index (κ3) is 12.5. The average molecular weight is 1160 g/mol. The molecular weight excluding hydrogens is 1090 g/mol. The Morgan fingerprint density at radius 2 is 1.18 bits per heavy atom. The zero-order chi connectivity index (χ0) is 59.0. The molecule has 4 aromatic heterocycles. The summed E-state index contributed by atoms with van der Waals surface area (Å²) in [6.07, 6.45) is 14.9. The van der Waals surface area contributed by atoms with E-state index in [4.69, 9.17) is 48.7 Å². The van der Waals surface area contributed by atoms with Crippen LogP contribution in [0.2, 0.25) is 5.02 Å². The lowest BCUT2D eigenvalue weighted by Gasteiger charge is -2.32. The number of benzene rings is 3. The molecule has 3 aliphatic carbocycles. The number of furan rings is 2. The lowest BCUT2D eigenvalue weighted by atomic mass is 9.72. The average Bonchev–Trinajstić information content (AvgIpc) is 2.90. The van der Waals surface area contributed by atoms with Gasteiger partial charge in [0.1, 0.15) is 70.0 Å². The highest BCUT2D eigenvalue weighted by molar-refractivity contribution is 6.54. The zero-order valence-corrected chi connectivity index (χ0v) is 48.6. The first kappa shape index (κ1) is 58.3. The SMILES string of the molecule is CC(=O)c1ccc(-c2cc3ncc(C4CC4)c(-c4ccc(OC5CCOCC5)c(C#N)c4)c3o2)c(F)c1.CC(=O)c1ccc(-c2cc3ncc(C4CC4)c(Cl)c3o2)c(F)c1.CC1(C)OB(C2=CC(C#N)=C(OC3CCOCC3)CC2)OC1(C)C. The molecule has 2 saturated carbocycles. The highest BCUT2D eigenvalue weighted by Crippen LogP contribution is 2.49. The molecule has 13 rings (SSSR count). The molecule has 0 unspecified atom stereocenters. The molecule has 84 heavy (non-hydrogen) atoms. The number of hydrogen-bond acceptors (Lipinski definition) is 14. The van der Waals surface area contributed by atoms with Crippen molar-refractivity contribution in [2.45, 2.75) is 141 Å². The Morgan fingerprint density at radius 3 is 1.70 bits per heavy atom. The maximum Gasteiger partial charge on any atom is 0.490 e. The van der Waals surface area contributed by atoms with E-state index in [0.717, 1.165) is 111 Å². The third-order valence-electron chi connectivity index (χ3n) is 16.7.